The van der Waals surface area contributed by atoms with Gasteiger partial charge >= 0.3 is 0 Å². The smallest absolute Gasteiger partial charge is 0.194 e. The monoisotopic (exact) mass is 181 g/mol. The van der Waals surface area contributed by atoms with E-state index in [4.69, 9.17) is 0 Å². The molecule has 0 bridgehead atoms. The summed E-state index contributed by atoms with van der Waals surface area (Å²) in [6, 6.07) is 0. The van der Waals surface area contributed by atoms with Crippen molar-refractivity contribution in [3.05, 3.63) is 23.0 Å². The lowest BCUT2D eigenvalue weighted by molar-refractivity contribution is 0.827. The molecule has 0 amide bonds. The summed E-state index contributed by atoms with van der Waals surface area (Å²) in [5.41, 5.74) is 1.08. The van der Waals surface area contributed by atoms with Crippen LogP contribution in [0.4, 0.5) is 0 Å². The number of aromatic nitrogens is 2. The number of thiazole rings is 1. The zero-order valence-electron chi connectivity index (χ0n) is 7.16. The van der Waals surface area contributed by atoms with E-state index in [1.165, 1.54) is 4.88 Å². The van der Waals surface area contributed by atoms with E-state index in [0.29, 0.717) is 0 Å². The normalized spacial score (nSPS) is 11.2. The summed E-state index contributed by atoms with van der Waals surface area (Å²) in [6.07, 6.45) is 4.17. The molecule has 0 atom stereocenters. The Morgan fingerprint density at radius 2 is 2.42 bits per heavy atom. The highest BCUT2D eigenvalue weighted by atomic mass is 32.1. The van der Waals surface area contributed by atoms with Crippen LogP contribution in [0.15, 0.2) is 12.4 Å². The molecule has 4 heteroatoms. The average molecular weight is 181 g/mol. The minimum absolute atomic E-state index is 0.924. The molecule has 0 saturated carbocycles. The third kappa shape index (κ3) is 1.23. The van der Waals surface area contributed by atoms with Crippen LogP contribution in [0.1, 0.15) is 10.6 Å². The molecule has 2 rings (SSSR count). The number of imidazole rings is 1. The van der Waals surface area contributed by atoms with Crippen LogP contribution in [0.25, 0.3) is 4.96 Å². The van der Waals surface area contributed by atoms with Crippen molar-refractivity contribution in [3.8, 4) is 0 Å². The summed E-state index contributed by atoms with van der Waals surface area (Å²) in [6.45, 7) is 2.94. The Labute approximate surface area is 75.1 Å². The maximum absolute atomic E-state index is 4.37. The van der Waals surface area contributed by atoms with E-state index in [-0.39, 0.29) is 0 Å². The van der Waals surface area contributed by atoms with Crippen molar-refractivity contribution in [2.24, 2.45) is 0 Å². The predicted octanol–water partition coefficient (Wildman–Crippen LogP) is 1.42. The maximum Gasteiger partial charge on any atom is 0.194 e. The lowest BCUT2D eigenvalue weighted by Gasteiger charge is -1.89. The molecule has 2 aromatic heterocycles. The largest absolute Gasteiger partial charge is 0.315 e. The lowest BCUT2D eigenvalue weighted by atomic mass is 10.5. The van der Waals surface area contributed by atoms with E-state index < -0.39 is 0 Å². The first-order valence-corrected chi connectivity index (χ1v) is 4.70. The van der Waals surface area contributed by atoms with Crippen LogP contribution in [0.5, 0.6) is 0 Å². The summed E-state index contributed by atoms with van der Waals surface area (Å²) in [5.74, 6) is 0. The third-order valence-corrected chi connectivity index (χ3v) is 2.67. The molecule has 12 heavy (non-hydrogen) atoms. The van der Waals surface area contributed by atoms with Gasteiger partial charge in [-0.05, 0) is 14.0 Å². The van der Waals surface area contributed by atoms with E-state index in [1.54, 1.807) is 11.3 Å². The fourth-order valence-corrected chi connectivity index (χ4v) is 2.23. The number of nitrogens with one attached hydrogen (secondary N) is 1. The van der Waals surface area contributed by atoms with Crippen LogP contribution in [-0.2, 0) is 6.54 Å². The molecule has 64 valence electrons. The molecular formula is C8H11N3S. The van der Waals surface area contributed by atoms with Crippen molar-refractivity contribution >= 4 is 16.3 Å². The summed E-state index contributed by atoms with van der Waals surface area (Å²) >= 11 is 1.73. The number of nitrogens with zero attached hydrogens (tertiary/aromatic N) is 2. The van der Waals surface area contributed by atoms with E-state index in [2.05, 4.69) is 20.9 Å². The molecule has 0 unspecified atom stereocenters. The van der Waals surface area contributed by atoms with Gasteiger partial charge in [0.1, 0.15) is 0 Å². The Morgan fingerprint density at radius 1 is 1.58 bits per heavy atom. The van der Waals surface area contributed by atoms with Gasteiger partial charge in [0.25, 0.3) is 0 Å². The maximum atomic E-state index is 4.37. The van der Waals surface area contributed by atoms with Crippen molar-refractivity contribution in [1.82, 2.24) is 14.7 Å². The van der Waals surface area contributed by atoms with Gasteiger partial charge in [-0.2, -0.15) is 0 Å². The van der Waals surface area contributed by atoms with Crippen LogP contribution in [0.3, 0.4) is 0 Å². The molecule has 0 radical (unpaired) electrons. The van der Waals surface area contributed by atoms with Crippen molar-refractivity contribution in [1.29, 1.82) is 0 Å². The first kappa shape index (κ1) is 7.76. The Bertz CT molecular complexity index is 356. The molecule has 0 fully saturated rings. The van der Waals surface area contributed by atoms with Gasteiger partial charge in [0.2, 0.25) is 0 Å². The minimum atomic E-state index is 0.924. The van der Waals surface area contributed by atoms with Gasteiger partial charge < -0.3 is 5.32 Å². The van der Waals surface area contributed by atoms with Crippen LogP contribution in [-0.4, -0.2) is 16.4 Å². The highest BCUT2D eigenvalue weighted by Gasteiger charge is 2.02. The zero-order chi connectivity index (χ0) is 8.55. The van der Waals surface area contributed by atoms with Crippen LogP contribution < -0.4 is 5.32 Å². The Balaban J connectivity index is 2.43. The zero-order valence-corrected chi connectivity index (χ0v) is 7.98. The van der Waals surface area contributed by atoms with Crippen LogP contribution in [0, 0.1) is 6.92 Å². The number of fused-ring (bicyclic) bond motifs is 1. The SMILES string of the molecule is CNCc1cn2cc(C)nc2s1. The summed E-state index contributed by atoms with van der Waals surface area (Å²) in [5, 5.41) is 3.12. The fraction of sp³-hybridized carbons (Fsp3) is 0.375. The summed E-state index contributed by atoms with van der Waals surface area (Å²) in [7, 11) is 1.95. The van der Waals surface area contributed by atoms with Gasteiger partial charge in [-0.3, -0.25) is 4.40 Å². The standard InChI is InChI=1S/C8H11N3S/c1-6-4-11-5-7(3-9-2)12-8(11)10-6/h4-5,9H,3H2,1-2H3. The van der Waals surface area contributed by atoms with E-state index in [9.17, 15) is 0 Å². The van der Waals surface area contributed by atoms with E-state index in [0.717, 1.165) is 17.2 Å². The second kappa shape index (κ2) is 2.88. The van der Waals surface area contributed by atoms with Crippen LogP contribution in [0.2, 0.25) is 0 Å². The van der Waals surface area contributed by atoms with Gasteiger partial charge in [0, 0.05) is 23.8 Å². The van der Waals surface area contributed by atoms with Crippen molar-refractivity contribution in [2.45, 2.75) is 13.5 Å². The van der Waals surface area contributed by atoms with Gasteiger partial charge in [-0.1, -0.05) is 11.3 Å². The fourth-order valence-electron chi connectivity index (χ4n) is 1.22. The number of hydrogen-bond donors (Lipinski definition) is 1. The summed E-state index contributed by atoms with van der Waals surface area (Å²) < 4.78 is 2.08. The Hall–Kier alpha value is -0.870. The van der Waals surface area contributed by atoms with Crippen molar-refractivity contribution < 1.29 is 0 Å². The number of rotatable bonds is 2. The minimum Gasteiger partial charge on any atom is -0.315 e. The highest BCUT2D eigenvalue weighted by molar-refractivity contribution is 7.17. The van der Waals surface area contributed by atoms with Gasteiger partial charge in [-0.25, -0.2) is 4.98 Å². The molecule has 0 aliphatic rings. The van der Waals surface area contributed by atoms with E-state index >= 15 is 0 Å². The molecule has 0 saturated heterocycles. The number of aryl methyl sites for hydroxylation is 1. The molecule has 2 heterocycles. The van der Waals surface area contributed by atoms with Gasteiger partial charge in [-0.15, -0.1) is 0 Å². The predicted molar refractivity (Wildman–Crippen MR) is 50.6 cm³/mol. The van der Waals surface area contributed by atoms with Gasteiger partial charge in [0.15, 0.2) is 4.96 Å². The molecule has 0 spiro atoms. The molecular weight excluding hydrogens is 170 g/mol. The van der Waals surface area contributed by atoms with Gasteiger partial charge in [0.05, 0.1) is 5.69 Å². The third-order valence-electron chi connectivity index (χ3n) is 1.68. The molecule has 0 aliphatic carbocycles. The average Bonchev–Trinajstić information content (AvgIpc) is 2.44. The molecule has 1 N–H and O–H groups in total. The van der Waals surface area contributed by atoms with Crippen molar-refractivity contribution in [2.75, 3.05) is 7.05 Å². The van der Waals surface area contributed by atoms with E-state index in [1.807, 2.05) is 20.2 Å². The summed E-state index contributed by atoms with van der Waals surface area (Å²) in [4.78, 5) is 6.77. The second-order valence-corrected chi connectivity index (χ2v) is 3.89. The quantitative estimate of drug-likeness (QED) is 0.759. The molecule has 2 aromatic rings. The number of hydrogen-bond acceptors (Lipinski definition) is 3. The van der Waals surface area contributed by atoms with Crippen LogP contribution >= 0.6 is 11.3 Å². The highest BCUT2D eigenvalue weighted by Crippen LogP contribution is 2.16. The molecule has 0 aromatic carbocycles. The molecule has 3 nitrogen and oxygen atoms in total. The topological polar surface area (TPSA) is 29.3 Å². The Morgan fingerprint density at radius 3 is 3.08 bits per heavy atom. The first-order chi connectivity index (χ1) is 5.79. The van der Waals surface area contributed by atoms with Crippen molar-refractivity contribution in [3.63, 3.8) is 0 Å². The molecule has 0 aliphatic heterocycles. The second-order valence-electron chi connectivity index (χ2n) is 2.80. The first-order valence-electron chi connectivity index (χ1n) is 3.88. The Kier molecular flexibility index (Phi) is 1.86. The lowest BCUT2D eigenvalue weighted by Crippen LogP contribution is -2.02.